The smallest absolute Gasteiger partial charge is 0.0724 e. The summed E-state index contributed by atoms with van der Waals surface area (Å²) in [5, 5.41) is 3.51. The summed E-state index contributed by atoms with van der Waals surface area (Å²) in [4.78, 5) is 0. The van der Waals surface area contributed by atoms with Gasteiger partial charge in [-0.05, 0) is 25.2 Å². The summed E-state index contributed by atoms with van der Waals surface area (Å²) in [6.07, 6.45) is 4.08. The molecule has 84 valence electrons. The third kappa shape index (κ3) is 3.23. The largest absolute Gasteiger partial charge is 0.380 e. The normalized spacial score (nSPS) is 29.8. The first-order valence-corrected chi connectivity index (χ1v) is 5.67. The SMILES string of the molecule is COC1CCCC1NCC(N)C(C)C. The minimum absolute atomic E-state index is 0.258. The van der Waals surface area contributed by atoms with Gasteiger partial charge in [-0.15, -0.1) is 0 Å². The van der Waals surface area contributed by atoms with E-state index in [0.29, 0.717) is 18.1 Å². The van der Waals surface area contributed by atoms with Crippen LogP contribution in [0.2, 0.25) is 0 Å². The molecule has 0 radical (unpaired) electrons. The number of hydrogen-bond acceptors (Lipinski definition) is 3. The molecule has 14 heavy (non-hydrogen) atoms. The van der Waals surface area contributed by atoms with Crippen molar-refractivity contribution in [2.75, 3.05) is 13.7 Å². The highest BCUT2D eigenvalue weighted by Crippen LogP contribution is 2.21. The lowest BCUT2D eigenvalue weighted by atomic mass is 10.1. The molecule has 0 spiro atoms. The van der Waals surface area contributed by atoms with Crippen LogP contribution in [0.5, 0.6) is 0 Å². The molecular formula is C11H24N2O. The number of nitrogens with one attached hydrogen (secondary N) is 1. The van der Waals surface area contributed by atoms with E-state index in [1.807, 2.05) is 0 Å². The van der Waals surface area contributed by atoms with Gasteiger partial charge in [-0.3, -0.25) is 0 Å². The number of nitrogens with two attached hydrogens (primary N) is 1. The van der Waals surface area contributed by atoms with Crippen LogP contribution in [0.25, 0.3) is 0 Å². The molecule has 0 aromatic rings. The summed E-state index contributed by atoms with van der Waals surface area (Å²) in [7, 11) is 1.80. The Kier molecular flexibility index (Phi) is 4.85. The highest BCUT2D eigenvalue weighted by Gasteiger charge is 2.26. The van der Waals surface area contributed by atoms with Gasteiger partial charge < -0.3 is 15.8 Å². The molecule has 1 aliphatic rings. The summed E-state index contributed by atoms with van der Waals surface area (Å²) in [5.41, 5.74) is 5.98. The van der Waals surface area contributed by atoms with Crippen molar-refractivity contribution >= 4 is 0 Å². The lowest BCUT2D eigenvalue weighted by Crippen LogP contribution is -2.45. The molecule has 1 rings (SSSR count). The van der Waals surface area contributed by atoms with Gasteiger partial charge >= 0.3 is 0 Å². The minimum Gasteiger partial charge on any atom is -0.380 e. The molecule has 0 aromatic heterocycles. The van der Waals surface area contributed by atoms with Crippen LogP contribution in [-0.4, -0.2) is 31.8 Å². The third-order valence-corrected chi connectivity index (χ3v) is 3.23. The van der Waals surface area contributed by atoms with E-state index in [1.54, 1.807) is 7.11 Å². The highest BCUT2D eigenvalue weighted by molar-refractivity contribution is 4.85. The summed E-state index contributed by atoms with van der Waals surface area (Å²) < 4.78 is 5.41. The molecular weight excluding hydrogens is 176 g/mol. The van der Waals surface area contributed by atoms with E-state index in [0.717, 1.165) is 6.54 Å². The number of ether oxygens (including phenoxy) is 1. The summed E-state index contributed by atoms with van der Waals surface area (Å²) in [5.74, 6) is 0.546. The molecule has 3 atom stereocenters. The Morgan fingerprint density at radius 1 is 1.43 bits per heavy atom. The first-order chi connectivity index (χ1) is 6.65. The van der Waals surface area contributed by atoms with Gasteiger partial charge in [-0.1, -0.05) is 13.8 Å². The predicted molar refractivity (Wildman–Crippen MR) is 59.3 cm³/mol. The monoisotopic (exact) mass is 200 g/mol. The van der Waals surface area contributed by atoms with E-state index in [2.05, 4.69) is 19.2 Å². The van der Waals surface area contributed by atoms with Crippen LogP contribution in [0, 0.1) is 5.92 Å². The van der Waals surface area contributed by atoms with E-state index < -0.39 is 0 Å². The van der Waals surface area contributed by atoms with Crippen LogP contribution in [0.1, 0.15) is 33.1 Å². The standard InChI is InChI=1S/C11H24N2O/c1-8(2)9(12)7-13-10-5-4-6-11(10)14-3/h8-11,13H,4-7,12H2,1-3H3. The molecule has 0 aromatic carbocycles. The molecule has 0 heterocycles. The predicted octanol–water partition coefficient (Wildman–Crippen LogP) is 1.13. The quantitative estimate of drug-likeness (QED) is 0.699. The van der Waals surface area contributed by atoms with E-state index >= 15 is 0 Å². The fourth-order valence-corrected chi connectivity index (χ4v) is 1.96. The maximum atomic E-state index is 5.98. The lowest BCUT2D eigenvalue weighted by molar-refractivity contribution is 0.0843. The van der Waals surface area contributed by atoms with Crippen molar-refractivity contribution in [3.05, 3.63) is 0 Å². The van der Waals surface area contributed by atoms with Crippen molar-refractivity contribution in [3.63, 3.8) is 0 Å². The second-order valence-electron chi connectivity index (χ2n) is 4.63. The lowest BCUT2D eigenvalue weighted by Gasteiger charge is -2.23. The number of rotatable bonds is 5. The highest BCUT2D eigenvalue weighted by atomic mass is 16.5. The van der Waals surface area contributed by atoms with Crippen molar-refractivity contribution in [1.82, 2.24) is 5.32 Å². The molecule has 0 saturated heterocycles. The van der Waals surface area contributed by atoms with Crippen molar-refractivity contribution in [2.24, 2.45) is 11.7 Å². The summed E-state index contributed by atoms with van der Waals surface area (Å²) in [6.45, 7) is 5.23. The van der Waals surface area contributed by atoms with Crippen LogP contribution in [0.15, 0.2) is 0 Å². The van der Waals surface area contributed by atoms with E-state index in [-0.39, 0.29) is 6.04 Å². The van der Waals surface area contributed by atoms with Gasteiger partial charge in [-0.25, -0.2) is 0 Å². The van der Waals surface area contributed by atoms with Crippen LogP contribution in [0.4, 0.5) is 0 Å². The Morgan fingerprint density at radius 2 is 2.14 bits per heavy atom. The van der Waals surface area contributed by atoms with Gasteiger partial charge in [0.2, 0.25) is 0 Å². The maximum absolute atomic E-state index is 5.98. The molecule has 0 amide bonds. The van der Waals surface area contributed by atoms with Gasteiger partial charge in [0.15, 0.2) is 0 Å². The van der Waals surface area contributed by atoms with Crippen LogP contribution in [0.3, 0.4) is 0 Å². The Bertz CT molecular complexity index is 161. The zero-order valence-electron chi connectivity index (χ0n) is 9.62. The molecule has 0 aliphatic heterocycles. The fraction of sp³-hybridized carbons (Fsp3) is 1.00. The van der Waals surface area contributed by atoms with Crippen LogP contribution < -0.4 is 11.1 Å². The molecule has 1 saturated carbocycles. The Labute approximate surface area is 87.4 Å². The second-order valence-corrected chi connectivity index (χ2v) is 4.63. The zero-order chi connectivity index (χ0) is 10.6. The van der Waals surface area contributed by atoms with E-state index in [9.17, 15) is 0 Å². The maximum Gasteiger partial charge on any atom is 0.0724 e. The van der Waals surface area contributed by atoms with Crippen LogP contribution >= 0.6 is 0 Å². The topological polar surface area (TPSA) is 47.3 Å². The zero-order valence-corrected chi connectivity index (χ0v) is 9.62. The summed E-state index contributed by atoms with van der Waals surface area (Å²) >= 11 is 0. The van der Waals surface area contributed by atoms with E-state index in [1.165, 1.54) is 19.3 Å². The Balaban J connectivity index is 2.23. The molecule has 1 aliphatic carbocycles. The average molecular weight is 200 g/mol. The summed E-state index contributed by atoms with van der Waals surface area (Å²) in [6, 6.07) is 0.776. The van der Waals surface area contributed by atoms with Gasteiger partial charge in [-0.2, -0.15) is 0 Å². The number of methoxy groups -OCH3 is 1. The van der Waals surface area contributed by atoms with Crippen molar-refractivity contribution in [2.45, 2.75) is 51.3 Å². The van der Waals surface area contributed by atoms with Crippen molar-refractivity contribution in [1.29, 1.82) is 0 Å². The number of hydrogen-bond donors (Lipinski definition) is 2. The van der Waals surface area contributed by atoms with Gasteiger partial charge in [0.1, 0.15) is 0 Å². The second kappa shape index (κ2) is 5.69. The van der Waals surface area contributed by atoms with Gasteiger partial charge in [0, 0.05) is 25.7 Å². The van der Waals surface area contributed by atoms with Crippen molar-refractivity contribution < 1.29 is 4.74 Å². The molecule has 3 heteroatoms. The first-order valence-electron chi connectivity index (χ1n) is 5.67. The Morgan fingerprint density at radius 3 is 2.71 bits per heavy atom. The molecule has 3 nitrogen and oxygen atoms in total. The molecule has 3 N–H and O–H groups in total. The molecule has 0 bridgehead atoms. The third-order valence-electron chi connectivity index (χ3n) is 3.23. The van der Waals surface area contributed by atoms with Crippen LogP contribution in [-0.2, 0) is 4.74 Å². The average Bonchev–Trinajstić information content (AvgIpc) is 2.60. The fourth-order valence-electron chi connectivity index (χ4n) is 1.96. The van der Waals surface area contributed by atoms with Gasteiger partial charge in [0.05, 0.1) is 6.10 Å². The van der Waals surface area contributed by atoms with Gasteiger partial charge in [0.25, 0.3) is 0 Å². The van der Waals surface area contributed by atoms with Crippen molar-refractivity contribution in [3.8, 4) is 0 Å². The molecule has 3 unspecified atom stereocenters. The minimum atomic E-state index is 0.258. The van der Waals surface area contributed by atoms with E-state index in [4.69, 9.17) is 10.5 Å². The molecule has 1 fully saturated rings. The first kappa shape index (κ1) is 12.0. The Hall–Kier alpha value is -0.120.